The first-order valence-corrected chi connectivity index (χ1v) is 35.8. The molecule has 0 fully saturated rings. The van der Waals surface area contributed by atoms with Crippen LogP contribution in [0.4, 0.5) is 0 Å². The topological polar surface area (TPSA) is 171 Å². The molecule has 2 aromatic carbocycles. The zero-order chi connectivity index (χ0) is 52.2. The monoisotopic (exact) mass is 1040 g/mol. The summed E-state index contributed by atoms with van der Waals surface area (Å²) in [5.74, 6) is 1.74. The molecule has 0 spiro atoms. The fraction of sp³-hybridized carbons (Fsp3) is 0.600. The van der Waals surface area contributed by atoms with Crippen molar-refractivity contribution in [2.45, 2.75) is 136 Å². The van der Waals surface area contributed by atoms with Gasteiger partial charge in [0.1, 0.15) is 65.3 Å². The Morgan fingerprint density at radius 1 is 0.809 bits per heavy atom. The van der Waals surface area contributed by atoms with E-state index in [1.54, 1.807) is 47.8 Å². The van der Waals surface area contributed by atoms with E-state index in [4.69, 9.17) is 29.8 Å². The van der Waals surface area contributed by atoms with Crippen molar-refractivity contribution < 1.29 is 79.5 Å². The zero-order valence-corrected chi connectivity index (χ0v) is 51.0. The summed E-state index contributed by atoms with van der Waals surface area (Å²) in [6, 6.07) is 6.38. The minimum Gasteiger partial charge on any atom is -1.00 e. The number of carbonyl (C=O) groups is 2. The molecule has 18 heteroatoms. The van der Waals surface area contributed by atoms with E-state index in [1.807, 2.05) is 39.8 Å². The Hall–Kier alpha value is -2.72. The average molecular weight is 1040 g/mol. The fourth-order valence-electron chi connectivity index (χ4n) is 7.57. The molecule has 2 unspecified atom stereocenters. The quantitative estimate of drug-likeness (QED) is 0.0439. The van der Waals surface area contributed by atoms with E-state index < -0.39 is 41.2 Å². The van der Waals surface area contributed by atoms with Gasteiger partial charge >= 0.3 is 41.5 Å². The summed E-state index contributed by atoms with van der Waals surface area (Å²) in [7, 11) is -4.56. The molecule has 2 aliphatic heterocycles. The Labute approximate surface area is 441 Å². The van der Waals surface area contributed by atoms with Crippen molar-refractivity contribution in [1.82, 2.24) is 0 Å². The van der Waals surface area contributed by atoms with Gasteiger partial charge in [-0.05, 0) is 116 Å². The van der Waals surface area contributed by atoms with Gasteiger partial charge in [0.25, 0.3) is 0 Å². The van der Waals surface area contributed by atoms with Crippen LogP contribution in [0.3, 0.4) is 0 Å². The number of nitriles is 2. The van der Waals surface area contributed by atoms with Crippen molar-refractivity contribution in [3.05, 3.63) is 67.8 Å². The van der Waals surface area contributed by atoms with E-state index in [2.05, 4.69) is 64.0 Å². The predicted octanol–water partition coefficient (Wildman–Crippen LogP) is 9.62. The van der Waals surface area contributed by atoms with Crippen LogP contribution in [0.1, 0.15) is 90.5 Å². The third-order valence-electron chi connectivity index (χ3n) is 12.2. The first-order chi connectivity index (χ1) is 31.4. The van der Waals surface area contributed by atoms with E-state index in [0.29, 0.717) is 73.0 Å². The Morgan fingerprint density at radius 3 is 1.50 bits per heavy atom. The number of nitrogens with zero attached hydrogens (tertiary/aromatic N) is 2. The maximum absolute atomic E-state index is 12.7. The number of fused-ring (bicyclic) bond motifs is 2. The Kier molecular flexibility index (Phi) is 24.1. The molecular weight excluding hydrogens is 962 g/mol. The van der Waals surface area contributed by atoms with Crippen LogP contribution in [-0.4, -0.2) is 99.2 Å². The van der Waals surface area contributed by atoms with Gasteiger partial charge in [-0.15, -0.1) is 0 Å². The van der Waals surface area contributed by atoms with Crippen molar-refractivity contribution in [2.75, 3.05) is 60.3 Å². The van der Waals surface area contributed by atoms with Crippen LogP contribution in [0, 0.1) is 36.5 Å². The van der Waals surface area contributed by atoms with Gasteiger partial charge in [0.05, 0.1) is 46.7 Å². The maximum atomic E-state index is 12.7. The Morgan fingerprint density at radius 2 is 1.19 bits per heavy atom. The number of methoxy groups -OCH3 is 2. The van der Waals surface area contributed by atoms with E-state index >= 15 is 0 Å². The summed E-state index contributed by atoms with van der Waals surface area (Å²) in [5, 5.41) is 18.2. The number of hydrogen-bond donors (Lipinski definition) is 1. The van der Waals surface area contributed by atoms with Gasteiger partial charge in [-0.25, -0.2) is 9.59 Å². The molecule has 0 aliphatic carbocycles. The van der Waals surface area contributed by atoms with Gasteiger partial charge < -0.3 is 39.0 Å². The third-order valence-corrected chi connectivity index (χ3v) is 20.1. The largest absolute Gasteiger partial charge is 1.00 e. The van der Waals surface area contributed by atoms with Crippen LogP contribution in [0.25, 0.3) is 0 Å². The summed E-state index contributed by atoms with van der Waals surface area (Å²) >= 11 is 3.46. The molecule has 2 aliphatic rings. The fourth-order valence-corrected chi connectivity index (χ4v) is 10.9. The van der Waals surface area contributed by atoms with Crippen molar-refractivity contribution >= 4 is 55.0 Å². The number of thiol groups is 1. The first kappa shape index (κ1) is 61.4. The van der Waals surface area contributed by atoms with Crippen LogP contribution < -0.4 is 48.5 Å². The van der Waals surface area contributed by atoms with Gasteiger partial charge in [0.2, 0.25) is 0 Å². The second-order valence-corrected chi connectivity index (χ2v) is 39.2. The van der Waals surface area contributed by atoms with Crippen LogP contribution >= 0.6 is 26.9 Å². The maximum Gasteiger partial charge on any atom is 1.00 e. The SMILES string of the molecule is COc1c(C)c2c(c(OCC[Si](C)(C)C)c1C/C=C(\C)CC(C#N)P(C)(C)=O)C(=O)OC2.COc1c(C)c2c(c(OCC[Si](C)(C)C)c1C/C=C(\C)CC(C)(C#N)P(C)(C)=O)C(=O)OC2.[2H]CS.[H-].[Na+]. The molecule has 374 valence electrons. The number of esters is 2. The van der Waals surface area contributed by atoms with Crippen molar-refractivity contribution in [3.63, 3.8) is 0 Å². The number of allylic oxidation sites excluding steroid dienone is 4. The molecule has 4 rings (SSSR count). The van der Waals surface area contributed by atoms with Gasteiger partial charge in [-0.2, -0.15) is 23.2 Å². The van der Waals surface area contributed by atoms with E-state index in [9.17, 15) is 29.2 Å². The summed E-state index contributed by atoms with van der Waals surface area (Å²) in [4.78, 5) is 25.2. The summed E-state index contributed by atoms with van der Waals surface area (Å²) in [6.45, 7) is 31.3. The van der Waals surface area contributed by atoms with Crippen LogP contribution in [0.5, 0.6) is 23.0 Å². The third kappa shape index (κ3) is 17.0. The molecule has 0 saturated carbocycles. The molecule has 0 N–H and O–H groups in total. The normalized spacial score (nSPS) is 15.1. The van der Waals surface area contributed by atoms with Crippen molar-refractivity contribution in [2.24, 2.45) is 0 Å². The number of carbonyl (C=O) groups excluding carboxylic acids is 2. The first-order valence-electron chi connectivity index (χ1n) is 23.2. The molecular formula is C50H79N2NaO10P2SSi2. The molecule has 0 bridgehead atoms. The number of ether oxygens (including phenoxy) is 6. The van der Waals surface area contributed by atoms with Crippen LogP contribution in [-0.2, 0) is 44.7 Å². The van der Waals surface area contributed by atoms with E-state index in [-0.39, 0.29) is 62.4 Å². The number of cyclic esters (lactones) is 2. The molecule has 2 aromatic rings. The molecule has 0 saturated heterocycles. The zero-order valence-electron chi connectivity index (χ0n) is 46.3. The Balaban J connectivity index is 0.00000125. The Bertz CT molecular complexity index is 2420. The predicted molar refractivity (Wildman–Crippen MR) is 284 cm³/mol. The average Bonchev–Trinajstić information content (AvgIpc) is 3.81. The van der Waals surface area contributed by atoms with Gasteiger partial charge in [-0.1, -0.05) is 62.6 Å². The molecule has 0 radical (unpaired) electrons. The number of rotatable bonds is 20. The number of hydrogen-bond acceptors (Lipinski definition) is 13. The van der Waals surface area contributed by atoms with Gasteiger partial charge in [-0.3, -0.25) is 0 Å². The summed E-state index contributed by atoms with van der Waals surface area (Å²) in [6.07, 6.45) is 6.02. The summed E-state index contributed by atoms with van der Waals surface area (Å²) < 4.78 is 65.8. The molecule has 68 heavy (non-hydrogen) atoms. The molecule has 0 amide bonds. The van der Waals surface area contributed by atoms with Crippen LogP contribution in [0.15, 0.2) is 23.3 Å². The van der Waals surface area contributed by atoms with E-state index in [1.165, 1.54) is 0 Å². The summed E-state index contributed by atoms with van der Waals surface area (Å²) in [5.41, 5.74) is 7.43. The number of benzene rings is 2. The second kappa shape index (κ2) is 26.7. The standard InChI is InChI=1S/C25H38NO5PSi.C24H36NO5PSi.CH4S.Na.H/c1-17(14-25(3,16-26)32(5,6)28)10-11-19-22(29-4)18(2)20-15-31-24(27)21(20)23(19)30-12-13-33(7,8)9;1-16(13-18(14-25)31(4,5)27)9-10-19-22(28-3)17(2)20-15-30-24(26)21(20)23(19)29-11-12-32(6,7)8;1-2;;/h10H,11-15H2,1-9H3;9,18H,10-13,15H2,1-8H3;2H,1H3;;/q;;;+1;-1/b17-10+;16-9+;;;/i;;1D;;. The smallest absolute Gasteiger partial charge is 1.00 e. The van der Waals surface area contributed by atoms with Crippen molar-refractivity contribution in [1.29, 1.82) is 10.5 Å². The minimum absolute atomic E-state index is 0. The molecule has 0 aromatic heterocycles. The molecule has 2 atom stereocenters. The van der Waals surface area contributed by atoms with E-state index in [0.717, 1.165) is 56.6 Å². The molecule has 12 nitrogen and oxygen atoms in total. The molecule has 2 heterocycles. The van der Waals surface area contributed by atoms with Gasteiger partial charge in [0, 0.05) is 39.8 Å². The van der Waals surface area contributed by atoms with Gasteiger partial charge in [0.15, 0.2) is 0 Å². The van der Waals surface area contributed by atoms with Crippen molar-refractivity contribution in [3.8, 4) is 35.1 Å². The second-order valence-electron chi connectivity index (χ2n) is 20.8. The van der Waals surface area contributed by atoms with Crippen LogP contribution in [0.2, 0.25) is 51.4 Å². The minimum atomic E-state index is -2.63.